The van der Waals surface area contributed by atoms with Crippen LogP contribution in [-0.4, -0.2) is 18.9 Å². The summed E-state index contributed by atoms with van der Waals surface area (Å²) in [7, 11) is 0. The van der Waals surface area contributed by atoms with E-state index in [1.54, 1.807) is 0 Å². The fraction of sp³-hybridized carbons (Fsp3) is 0.375. The maximum Gasteiger partial charge on any atom is 0.119 e. The van der Waals surface area contributed by atoms with Gasteiger partial charge in [-0.1, -0.05) is 57.5 Å². The van der Waals surface area contributed by atoms with Crippen molar-refractivity contribution < 1.29 is 4.74 Å². The van der Waals surface area contributed by atoms with Crippen LogP contribution in [0.2, 0.25) is 0 Å². The third-order valence-corrected chi connectivity index (χ3v) is 4.80. The zero-order chi connectivity index (χ0) is 18.4. The molecule has 0 atom stereocenters. The summed E-state index contributed by atoms with van der Waals surface area (Å²) in [5.74, 6) is 1.43. The van der Waals surface area contributed by atoms with E-state index in [1.165, 1.54) is 22.3 Å². The van der Waals surface area contributed by atoms with Crippen molar-refractivity contribution in [2.45, 2.75) is 40.0 Å². The van der Waals surface area contributed by atoms with Crippen LogP contribution in [0, 0.1) is 5.92 Å². The van der Waals surface area contributed by atoms with Crippen LogP contribution >= 0.6 is 0 Å². The Bertz CT molecular complexity index is 787. The predicted octanol–water partition coefficient (Wildman–Crippen LogP) is 5.95. The number of rotatable bonds is 7. The number of nitrogens with zero attached hydrogens (tertiary/aromatic N) is 1. The first-order chi connectivity index (χ1) is 12.7. The van der Waals surface area contributed by atoms with Crippen LogP contribution in [0.4, 0.5) is 0 Å². The van der Waals surface area contributed by atoms with Crippen molar-refractivity contribution in [2.24, 2.45) is 10.9 Å². The molecular weight excluding hydrogens is 318 g/mol. The molecule has 0 amide bonds. The van der Waals surface area contributed by atoms with E-state index < -0.39 is 0 Å². The molecule has 1 aliphatic rings. The van der Waals surface area contributed by atoms with Crippen molar-refractivity contribution in [3.05, 3.63) is 71.3 Å². The third kappa shape index (κ3) is 4.43. The highest BCUT2D eigenvalue weighted by Crippen LogP contribution is 2.27. The summed E-state index contributed by atoms with van der Waals surface area (Å²) in [5.41, 5.74) is 6.29. The van der Waals surface area contributed by atoms with Gasteiger partial charge in [0.05, 0.1) is 12.3 Å². The van der Waals surface area contributed by atoms with Gasteiger partial charge in [0.25, 0.3) is 0 Å². The fourth-order valence-corrected chi connectivity index (χ4v) is 3.32. The average Bonchev–Trinajstić information content (AvgIpc) is 2.66. The van der Waals surface area contributed by atoms with Crippen molar-refractivity contribution in [3.8, 4) is 5.75 Å². The van der Waals surface area contributed by atoms with Crippen molar-refractivity contribution in [1.29, 1.82) is 0 Å². The molecule has 2 heteroatoms. The van der Waals surface area contributed by atoms with Gasteiger partial charge in [0.2, 0.25) is 0 Å². The second-order valence-corrected chi connectivity index (χ2v) is 7.16. The van der Waals surface area contributed by atoms with Crippen LogP contribution < -0.4 is 4.74 Å². The largest absolute Gasteiger partial charge is 0.494 e. The molecule has 1 heterocycles. The average molecular weight is 348 g/mol. The highest BCUT2D eigenvalue weighted by atomic mass is 16.5. The Labute approximate surface area is 157 Å². The molecule has 2 aromatic carbocycles. The summed E-state index contributed by atoms with van der Waals surface area (Å²) < 4.78 is 5.88. The molecule has 1 aliphatic heterocycles. The van der Waals surface area contributed by atoms with Gasteiger partial charge in [-0.15, -0.1) is 0 Å². The van der Waals surface area contributed by atoms with Gasteiger partial charge in [0, 0.05) is 12.1 Å². The Morgan fingerprint density at radius 1 is 1.15 bits per heavy atom. The zero-order valence-electron chi connectivity index (χ0n) is 16.2. The van der Waals surface area contributed by atoms with Gasteiger partial charge in [-0.2, -0.15) is 0 Å². The van der Waals surface area contributed by atoms with Crippen molar-refractivity contribution in [1.82, 2.24) is 0 Å². The van der Waals surface area contributed by atoms with Gasteiger partial charge >= 0.3 is 0 Å². The van der Waals surface area contributed by atoms with E-state index >= 15 is 0 Å². The van der Waals surface area contributed by atoms with Crippen molar-refractivity contribution >= 4 is 11.3 Å². The number of benzene rings is 2. The van der Waals surface area contributed by atoms with Gasteiger partial charge in [0.15, 0.2) is 0 Å². The van der Waals surface area contributed by atoms with Gasteiger partial charge in [-0.25, -0.2) is 0 Å². The Kier molecular flexibility index (Phi) is 6.27. The molecule has 0 N–H and O–H groups in total. The SMILES string of the molecule is CCCCOc1ccc2c(c1)CCN=C2C=C(c1ccccc1)C(C)C. The molecule has 2 nitrogen and oxygen atoms in total. The van der Waals surface area contributed by atoms with E-state index in [-0.39, 0.29) is 0 Å². The first-order valence-electron chi connectivity index (χ1n) is 9.76. The highest BCUT2D eigenvalue weighted by Gasteiger charge is 2.16. The fourth-order valence-electron chi connectivity index (χ4n) is 3.32. The lowest BCUT2D eigenvalue weighted by molar-refractivity contribution is 0.309. The number of aliphatic imine (C=N–C) groups is 1. The van der Waals surface area contributed by atoms with E-state index in [0.29, 0.717) is 5.92 Å². The number of hydrogen-bond donors (Lipinski definition) is 0. The Balaban J connectivity index is 1.89. The molecule has 0 saturated carbocycles. The number of ether oxygens (including phenoxy) is 1. The summed E-state index contributed by atoms with van der Waals surface area (Å²) in [5, 5.41) is 0. The molecule has 0 unspecified atom stereocenters. The van der Waals surface area contributed by atoms with Crippen LogP contribution in [0.1, 0.15) is 50.3 Å². The molecule has 0 bridgehead atoms. The van der Waals surface area contributed by atoms with E-state index in [1.807, 2.05) is 0 Å². The Morgan fingerprint density at radius 3 is 2.69 bits per heavy atom. The number of unbranched alkanes of at least 4 members (excludes halogenated alkanes) is 1. The smallest absolute Gasteiger partial charge is 0.119 e. The summed E-state index contributed by atoms with van der Waals surface area (Å²) in [6.07, 6.45) is 5.51. The first-order valence-corrected chi connectivity index (χ1v) is 9.76. The number of allylic oxidation sites excluding steroid dienone is 2. The Morgan fingerprint density at radius 2 is 1.96 bits per heavy atom. The summed E-state index contributed by atoms with van der Waals surface area (Å²) in [6, 6.07) is 17.1. The van der Waals surface area contributed by atoms with Gasteiger partial charge < -0.3 is 4.74 Å². The molecule has 136 valence electrons. The lowest BCUT2D eigenvalue weighted by Gasteiger charge is -2.19. The molecular formula is C24H29NO. The molecule has 0 aromatic heterocycles. The standard InChI is InChI=1S/C24H29NO/c1-4-5-15-26-21-11-12-22-20(16-21)13-14-25-24(22)17-23(18(2)3)19-9-7-6-8-10-19/h6-12,16-18H,4-5,13-15H2,1-3H3. The van der Waals surface area contributed by atoms with Crippen molar-refractivity contribution in [3.63, 3.8) is 0 Å². The molecule has 2 aromatic rings. The monoisotopic (exact) mass is 347 g/mol. The molecule has 0 saturated heterocycles. The van der Waals surface area contributed by atoms with Crippen LogP contribution in [0.3, 0.4) is 0 Å². The van der Waals surface area contributed by atoms with E-state index in [0.717, 1.165) is 43.9 Å². The number of hydrogen-bond acceptors (Lipinski definition) is 2. The molecule has 0 spiro atoms. The number of fused-ring (bicyclic) bond motifs is 1. The maximum absolute atomic E-state index is 5.88. The van der Waals surface area contributed by atoms with Crippen molar-refractivity contribution in [2.75, 3.05) is 13.2 Å². The molecule has 0 aliphatic carbocycles. The topological polar surface area (TPSA) is 21.6 Å². The molecule has 3 rings (SSSR count). The van der Waals surface area contributed by atoms with Gasteiger partial charge in [-0.3, -0.25) is 4.99 Å². The molecule has 0 radical (unpaired) electrons. The lowest BCUT2D eigenvalue weighted by atomic mass is 9.90. The predicted molar refractivity (Wildman–Crippen MR) is 111 cm³/mol. The van der Waals surface area contributed by atoms with Gasteiger partial charge in [0.1, 0.15) is 5.75 Å². The van der Waals surface area contributed by atoms with E-state index in [4.69, 9.17) is 9.73 Å². The van der Waals surface area contributed by atoms with Gasteiger partial charge in [-0.05, 0) is 59.7 Å². The quantitative estimate of drug-likeness (QED) is 0.567. The zero-order valence-corrected chi connectivity index (χ0v) is 16.2. The third-order valence-electron chi connectivity index (χ3n) is 4.80. The van der Waals surface area contributed by atoms with Crippen LogP contribution in [0.15, 0.2) is 59.6 Å². The maximum atomic E-state index is 5.88. The minimum atomic E-state index is 0.446. The van der Waals surface area contributed by atoms with Crippen LogP contribution in [0.25, 0.3) is 5.57 Å². The molecule has 26 heavy (non-hydrogen) atoms. The highest BCUT2D eigenvalue weighted by molar-refractivity contribution is 6.13. The summed E-state index contributed by atoms with van der Waals surface area (Å²) in [4.78, 5) is 4.82. The minimum Gasteiger partial charge on any atom is -0.494 e. The molecule has 0 fully saturated rings. The van der Waals surface area contributed by atoms with E-state index in [9.17, 15) is 0 Å². The normalized spacial score (nSPS) is 14.2. The Hall–Kier alpha value is -2.35. The second-order valence-electron chi connectivity index (χ2n) is 7.16. The summed E-state index contributed by atoms with van der Waals surface area (Å²) >= 11 is 0. The van der Waals surface area contributed by atoms with Crippen LogP contribution in [-0.2, 0) is 6.42 Å². The summed E-state index contributed by atoms with van der Waals surface area (Å²) in [6.45, 7) is 8.31. The minimum absolute atomic E-state index is 0.446. The van der Waals surface area contributed by atoms with Crippen LogP contribution in [0.5, 0.6) is 5.75 Å². The lowest BCUT2D eigenvalue weighted by Crippen LogP contribution is -2.12. The second kappa shape index (κ2) is 8.84. The van der Waals surface area contributed by atoms with E-state index in [2.05, 4.69) is 75.4 Å². The first kappa shape index (κ1) is 18.4.